The predicted octanol–water partition coefficient (Wildman–Crippen LogP) is 2.62. The van der Waals surface area contributed by atoms with E-state index in [9.17, 15) is 23.5 Å². The van der Waals surface area contributed by atoms with Gasteiger partial charge in [-0.25, -0.2) is 13.6 Å². The number of halogens is 2. The highest BCUT2D eigenvalue weighted by atomic mass is 19.1. The summed E-state index contributed by atoms with van der Waals surface area (Å²) < 4.78 is 26.0. The van der Waals surface area contributed by atoms with Gasteiger partial charge in [-0.2, -0.15) is 0 Å². The van der Waals surface area contributed by atoms with E-state index in [1.165, 1.54) is 6.07 Å². The van der Waals surface area contributed by atoms with E-state index in [2.05, 4.69) is 5.32 Å². The van der Waals surface area contributed by atoms with E-state index < -0.39 is 34.8 Å². The molecule has 0 atom stereocenters. The molecular weight excluding hydrogens is 284 g/mol. The van der Waals surface area contributed by atoms with E-state index >= 15 is 0 Å². The summed E-state index contributed by atoms with van der Waals surface area (Å²) in [5.41, 5.74) is -0.767. The van der Waals surface area contributed by atoms with Crippen molar-refractivity contribution in [2.24, 2.45) is 0 Å². The van der Waals surface area contributed by atoms with Gasteiger partial charge >= 0.3 is 5.97 Å². The van der Waals surface area contributed by atoms with Crippen LogP contribution >= 0.6 is 0 Å². The number of amides is 1. The number of hydrogen-bond donors (Lipinski definition) is 3. The fourth-order valence-electron chi connectivity index (χ4n) is 1.66. The number of carboxylic acids is 1. The van der Waals surface area contributed by atoms with Crippen LogP contribution in [-0.2, 0) is 0 Å². The van der Waals surface area contributed by atoms with Gasteiger partial charge in [-0.05, 0) is 30.3 Å². The second kappa shape index (κ2) is 5.58. The Balaban J connectivity index is 2.27. The molecule has 0 aliphatic carbocycles. The van der Waals surface area contributed by atoms with Crippen molar-refractivity contribution in [1.82, 2.24) is 0 Å². The standard InChI is InChI=1S/C14H9F2NO4/c15-7-1-3-9(12(18)5-7)13(19)17-8-2-4-11(16)10(6-8)14(20)21/h1-6,18H,(H,17,19)(H,20,21). The Morgan fingerprint density at radius 3 is 2.33 bits per heavy atom. The zero-order chi connectivity index (χ0) is 15.6. The molecule has 0 aliphatic rings. The Morgan fingerprint density at radius 1 is 1.00 bits per heavy atom. The van der Waals surface area contributed by atoms with E-state index in [4.69, 9.17) is 5.11 Å². The van der Waals surface area contributed by atoms with Crippen molar-refractivity contribution < 1.29 is 28.6 Å². The Hall–Kier alpha value is -2.96. The number of anilines is 1. The lowest BCUT2D eigenvalue weighted by atomic mass is 10.1. The molecule has 2 aromatic carbocycles. The molecule has 0 spiro atoms. The molecule has 0 unspecified atom stereocenters. The van der Waals surface area contributed by atoms with Gasteiger partial charge in [-0.15, -0.1) is 0 Å². The van der Waals surface area contributed by atoms with Crippen LogP contribution in [-0.4, -0.2) is 22.1 Å². The first kappa shape index (κ1) is 14.4. The van der Waals surface area contributed by atoms with Crippen molar-refractivity contribution >= 4 is 17.6 Å². The number of nitrogens with one attached hydrogen (secondary N) is 1. The number of hydrogen-bond acceptors (Lipinski definition) is 3. The lowest BCUT2D eigenvalue weighted by molar-refractivity contribution is 0.0691. The SMILES string of the molecule is O=C(Nc1ccc(F)c(C(=O)O)c1)c1ccc(F)cc1O. The highest BCUT2D eigenvalue weighted by molar-refractivity contribution is 6.06. The van der Waals surface area contributed by atoms with Crippen LogP contribution in [0.2, 0.25) is 0 Å². The van der Waals surface area contributed by atoms with Crippen LogP contribution in [0.25, 0.3) is 0 Å². The van der Waals surface area contributed by atoms with E-state index in [1.807, 2.05) is 0 Å². The number of aromatic hydroxyl groups is 1. The van der Waals surface area contributed by atoms with E-state index in [1.54, 1.807) is 0 Å². The molecule has 108 valence electrons. The Kier molecular flexibility index (Phi) is 3.84. The van der Waals surface area contributed by atoms with Gasteiger partial charge in [0, 0.05) is 11.8 Å². The van der Waals surface area contributed by atoms with Gasteiger partial charge in [0.2, 0.25) is 0 Å². The first-order valence-electron chi connectivity index (χ1n) is 5.71. The molecule has 0 saturated carbocycles. The number of rotatable bonds is 3. The number of phenolic OH excluding ortho intramolecular Hbond substituents is 1. The van der Waals surface area contributed by atoms with Gasteiger partial charge < -0.3 is 15.5 Å². The topological polar surface area (TPSA) is 86.6 Å². The molecule has 0 fully saturated rings. The summed E-state index contributed by atoms with van der Waals surface area (Å²) in [6.07, 6.45) is 0. The first-order valence-corrected chi connectivity index (χ1v) is 5.71. The maximum absolute atomic E-state index is 13.2. The highest BCUT2D eigenvalue weighted by Crippen LogP contribution is 2.21. The quantitative estimate of drug-likeness (QED) is 0.812. The third-order valence-electron chi connectivity index (χ3n) is 2.66. The summed E-state index contributed by atoms with van der Waals surface area (Å²) >= 11 is 0. The number of carboxylic acid groups (broad SMARTS) is 1. The summed E-state index contributed by atoms with van der Waals surface area (Å²) in [5.74, 6) is -4.47. The minimum atomic E-state index is -1.48. The van der Waals surface area contributed by atoms with Crippen LogP contribution in [0, 0.1) is 11.6 Å². The van der Waals surface area contributed by atoms with Crippen molar-refractivity contribution in [3.63, 3.8) is 0 Å². The van der Waals surface area contributed by atoms with E-state index in [0.29, 0.717) is 0 Å². The summed E-state index contributed by atoms with van der Waals surface area (Å²) in [4.78, 5) is 22.7. The lowest BCUT2D eigenvalue weighted by Crippen LogP contribution is -2.13. The average Bonchev–Trinajstić information content (AvgIpc) is 2.40. The first-order chi connectivity index (χ1) is 9.88. The van der Waals surface area contributed by atoms with Crippen LogP contribution in [0.1, 0.15) is 20.7 Å². The monoisotopic (exact) mass is 293 g/mol. The third kappa shape index (κ3) is 3.14. The molecule has 1 amide bonds. The fourth-order valence-corrected chi connectivity index (χ4v) is 1.66. The zero-order valence-electron chi connectivity index (χ0n) is 10.4. The highest BCUT2D eigenvalue weighted by Gasteiger charge is 2.15. The van der Waals surface area contributed by atoms with Crippen LogP contribution in [0.4, 0.5) is 14.5 Å². The summed E-state index contributed by atoms with van der Waals surface area (Å²) in [7, 11) is 0. The van der Waals surface area contributed by atoms with Gasteiger partial charge in [0.05, 0.1) is 11.1 Å². The van der Waals surface area contributed by atoms with Gasteiger partial charge in [-0.1, -0.05) is 0 Å². The van der Waals surface area contributed by atoms with Gasteiger partial charge in [0.25, 0.3) is 5.91 Å². The molecular formula is C14H9F2NO4. The van der Waals surface area contributed by atoms with E-state index in [-0.39, 0.29) is 11.3 Å². The lowest BCUT2D eigenvalue weighted by Gasteiger charge is -2.08. The number of phenols is 1. The number of benzene rings is 2. The predicted molar refractivity (Wildman–Crippen MR) is 69.4 cm³/mol. The molecule has 5 nitrogen and oxygen atoms in total. The van der Waals surface area contributed by atoms with Crippen molar-refractivity contribution in [2.45, 2.75) is 0 Å². The van der Waals surface area contributed by atoms with Crippen molar-refractivity contribution in [2.75, 3.05) is 5.32 Å². The smallest absolute Gasteiger partial charge is 0.338 e. The normalized spacial score (nSPS) is 10.2. The number of aromatic carboxylic acids is 1. The van der Waals surface area contributed by atoms with Crippen LogP contribution in [0.5, 0.6) is 5.75 Å². The molecule has 2 aromatic rings. The van der Waals surface area contributed by atoms with Gasteiger partial charge in [0.1, 0.15) is 17.4 Å². The molecule has 2 rings (SSSR count). The maximum atomic E-state index is 13.2. The largest absolute Gasteiger partial charge is 0.507 e. The summed E-state index contributed by atoms with van der Waals surface area (Å²) in [5, 5.41) is 20.5. The third-order valence-corrected chi connectivity index (χ3v) is 2.66. The molecule has 0 radical (unpaired) electrons. The molecule has 7 heteroatoms. The molecule has 21 heavy (non-hydrogen) atoms. The molecule has 0 aliphatic heterocycles. The average molecular weight is 293 g/mol. The maximum Gasteiger partial charge on any atom is 0.338 e. The van der Waals surface area contributed by atoms with Gasteiger partial charge in [0.15, 0.2) is 0 Å². The van der Waals surface area contributed by atoms with Crippen molar-refractivity contribution in [3.8, 4) is 5.75 Å². The molecule has 0 heterocycles. The fraction of sp³-hybridized carbons (Fsp3) is 0. The zero-order valence-corrected chi connectivity index (χ0v) is 10.4. The number of carbonyl (C=O) groups is 2. The van der Waals surface area contributed by atoms with Crippen LogP contribution in [0.15, 0.2) is 36.4 Å². The minimum absolute atomic E-state index is 0.0301. The molecule has 0 aromatic heterocycles. The molecule has 3 N–H and O–H groups in total. The molecule has 0 bridgehead atoms. The van der Waals surface area contributed by atoms with Gasteiger partial charge in [-0.3, -0.25) is 4.79 Å². The second-order valence-electron chi connectivity index (χ2n) is 4.12. The Bertz CT molecular complexity index is 731. The Labute approximate surface area is 117 Å². The second-order valence-corrected chi connectivity index (χ2v) is 4.12. The van der Waals surface area contributed by atoms with Crippen LogP contribution in [0.3, 0.4) is 0 Å². The van der Waals surface area contributed by atoms with Crippen molar-refractivity contribution in [3.05, 3.63) is 59.2 Å². The van der Waals surface area contributed by atoms with Crippen LogP contribution < -0.4 is 5.32 Å². The summed E-state index contributed by atoms with van der Waals surface area (Å²) in [6.45, 7) is 0. The minimum Gasteiger partial charge on any atom is -0.507 e. The summed E-state index contributed by atoms with van der Waals surface area (Å²) in [6, 6.07) is 5.83. The molecule has 0 saturated heterocycles. The number of carbonyl (C=O) groups excluding carboxylic acids is 1. The van der Waals surface area contributed by atoms with E-state index in [0.717, 1.165) is 30.3 Å². The Morgan fingerprint density at radius 2 is 1.71 bits per heavy atom. The van der Waals surface area contributed by atoms with Crippen molar-refractivity contribution in [1.29, 1.82) is 0 Å².